The van der Waals surface area contributed by atoms with Gasteiger partial charge in [0.05, 0.1) is 6.26 Å². The topological polar surface area (TPSA) is 91.0 Å². The number of sulfonamides is 1. The molecule has 2 N–H and O–H groups in total. The Morgan fingerprint density at radius 1 is 0.818 bits per heavy atom. The molecule has 0 bridgehead atoms. The number of piperidine rings is 1. The standard InChI is InChI=1S/C34H50N4O4S.ClH/c1-43(40,41)36-30-14-18-33(19-15-30)42-32-16-12-29(13-17-32)25-37-22-20-31(21-23-37)38(26-28-10-6-3-7-11-28)34(39)35-24-27-8-4-2-5-9-27;/h12-19,27-28,31,36H,2-11,20-26H2,1H3,(H,35,39);1H. The van der Waals surface area contributed by atoms with Crippen LogP contribution < -0.4 is 14.8 Å². The van der Waals surface area contributed by atoms with E-state index in [2.05, 4.69) is 32.0 Å². The first-order valence-corrected chi connectivity index (χ1v) is 18.3. The quantitative estimate of drug-likeness (QED) is 0.265. The highest BCUT2D eigenvalue weighted by Crippen LogP contribution is 2.29. The number of benzene rings is 2. The minimum atomic E-state index is -3.31. The van der Waals surface area contributed by atoms with Crippen LogP contribution in [0.3, 0.4) is 0 Å². The van der Waals surface area contributed by atoms with Gasteiger partial charge in [-0.3, -0.25) is 9.62 Å². The molecule has 2 saturated carbocycles. The third-order valence-electron chi connectivity index (χ3n) is 9.43. The van der Waals surface area contributed by atoms with E-state index in [1.807, 2.05) is 12.1 Å². The van der Waals surface area contributed by atoms with Crippen LogP contribution in [-0.4, -0.2) is 62.7 Å². The molecule has 5 rings (SSSR count). The van der Waals surface area contributed by atoms with Crippen LogP contribution in [0.15, 0.2) is 48.5 Å². The normalized spacial score (nSPS) is 19.1. The van der Waals surface area contributed by atoms with Crippen molar-refractivity contribution in [2.24, 2.45) is 11.8 Å². The van der Waals surface area contributed by atoms with Crippen LogP contribution in [0.2, 0.25) is 0 Å². The molecule has 0 aromatic heterocycles. The van der Waals surface area contributed by atoms with Crippen LogP contribution in [0.25, 0.3) is 0 Å². The van der Waals surface area contributed by atoms with Crippen LogP contribution >= 0.6 is 12.4 Å². The summed E-state index contributed by atoms with van der Waals surface area (Å²) in [6, 6.07) is 15.5. The fourth-order valence-corrected chi connectivity index (χ4v) is 7.59. The molecule has 10 heteroatoms. The van der Waals surface area contributed by atoms with E-state index in [1.165, 1.54) is 69.8 Å². The highest BCUT2D eigenvalue weighted by molar-refractivity contribution is 7.92. The van der Waals surface area contributed by atoms with Crippen molar-refractivity contribution in [1.29, 1.82) is 0 Å². The number of hydrogen-bond donors (Lipinski definition) is 2. The molecule has 2 aromatic carbocycles. The maximum Gasteiger partial charge on any atom is 0.317 e. The van der Waals surface area contributed by atoms with Crippen molar-refractivity contribution in [2.45, 2.75) is 89.6 Å². The highest BCUT2D eigenvalue weighted by Gasteiger charge is 2.30. The molecule has 3 fully saturated rings. The largest absolute Gasteiger partial charge is 0.457 e. The lowest BCUT2D eigenvalue weighted by Gasteiger charge is -2.40. The van der Waals surface area contributed by atoms with E-state index in [9.17, 15) is 13.2 Å². The Labute approximate surface area is 270 Å². The maximum atomic E-state index is 13.5. The predicted octanol–water partition coefficient (Wildman–Crippen LogP) is 7.41. The Bertz CT molecular complexity index is 1260. The molecule has 0 unspecified atom stereocenters. The van der Waals surface area contributed by atoms with Crippen molar-refractivity contribution in [3.05, 3.63) is 54.1 Å². The minimum absolute atomic E-state index is 0. The summed E-state index contributed by atoms with van der Waals surface area (Å²) in [4.78, 5) is 18.3. The van der Waals surface area contributed by atoms with E-state index in [0.29, 0.717) is 29.3 Å². The Hall–Kier alpha value is -2.49. The molecule has 3 aliphatic rings. The van der Waals surface area contributed by atoms with Crippen LogP contribution in [0.1, 0.15) is 82.6 Å². The Kier molecular flexibility index (Phi) is 13.1. The van der Waals surface area contributed by atoms with Gasteiger partial charge < -0.3 is 15.0 Å². The fraction of sp³-hybridized carbons (Fsp3) is 0.618. The Morgan fingerprint density at radius 2 is 1.36 bits per heavy atom. The monoisotopic (exact) mass is 646 g/mol. The van der Waals surface area contributed by atoms with E-state index in [1.54, 1.807) is 24.3 Å². The summed E-state index contributed by atoms with van der Waals surface area (Å²) in [6.45, 7) is 4.63. The molecule has 1 saturated heterocycles. The lowest BCUT2D eigenvalue weighted by Crippen LogP contribution is -2.52. The predicted molar refractivity (Wildman–Crippen MR) is 180 cm³/mol. The number of halogens is 1. The van der Waals surface area contributed by atoms with Gasteiger partial charge in [0.25, 0.3) is 0 Å². The SMILES string of the molecule is CS(=O)(=O)Nc1ccc(Oc2ccc(CN3CCC(N(CC4CCCCC4)C(=O)NCC4CCCCC4)CC3)cc2)cc1.Cl. The average Bonchev–Trinajstić information content (AvgIpc) is 3.01. The molecule has 244 valence electrons. The maximum absolute atomic E-state index is 13.5. The molecule has 1 heterocycles. The second kappa shape index (κ2) is 16.7. The molecule has 1 aliphatic heterocycles. The van der Waals surface area contributed by atoms with Crippen molar-refractivity contribution >= 4 is 34.1 Å². The number of rotatable bonds is 11. The van der Waals surface area contributed by atoms with Crippen LogP contribution in [-0.2, 0) is 16.6 Å². The van der Waals surface area contributed by atoms with Crippen LogP contribution in [0, 0.1) is 11.8 Å². The van der Waals surface area contributed by atoms with Gasteiger partial charge in [-0.15, -0.1) is 12.4 Å². The van der Waals surface area contributed by atoms with Crippen LogP contribution in [0.4, 0.5) is 10.5 Å². The van der Waals surface area contributed by atoms with Gasteiger partial charge in [-0.25, -0.2) is 13.2 Å². The van der Waals surface area contributed by atoms with Crippen molar-refractivity contribution in [1.82, 2.24) is 15.1 Å². The molecular weight excluding hydrogens is 596 g/mol. The van der Waals surface area contributed by atoms with Gasteiger partial charge in [0.1, 0.15) is 11.5 Å². The number of amides is 2. The number of ether oxygens (including phenoxy) is 1. The van der Waals surface area contributed by atoms with Crippen molar-refractivity contribution in [3.8, 4) is 11.5 Å². The Balaban J connectivity index is 0.00000442. The van der Waals surface area contributed by atoms with Gasteiger partial charge in [-0.1, -0.05) is 50.7 Å². The molecule has 0 atom stereocenters. The zero-order valence-corrected chi connectivity index (χ0v) is 27.8. The molecule has 2 aromatic rings. The summed E-state index contributed by atoms with van der Waals surface area (Å²) in [7, 11) is -3.31. The average molecular weight is 647 g/mol. The number of urea groups is 1. The number of carbonyl (C=O) groups is 1. The molecule has 44 heavy (non-hydrogen) atoms. The summed E-state index contributed by atoms with van der Waals surface area (Å²) >= 11 is 0. The van der Waals surface area contributed by atoms with Crippen molar-refractivity contribution < 1.29 is 17.9 Å². The van der Waals surface area contributed by atoms with Gasteiger partial charge in [-0.2, -0.15) is 0 Å². The summed E-state index contributed by atoms with van der Waals surface area (Å²) < 4.78 is 31.2. The smallest absolute Gasteiger partial charge is 0.317 e. The second-order valence-electron chi connectivity index (χ2n) is 13.0. The number of nitrogens with one attached hydrogen (secondary N) is 2. The minimum Gasteiger partial charge on any atom is -0.457 e. The molecular formula is C34H51ClN4O4S. The number of carbonyl (C=O) groups excluding carboxylic acids is 1. The van der Waals surface area contributed by atoms with E-state index >= 15 is 0 Å². The van der Waals surface area contributed by atoms with E-state index < -0.39 is 10.0 Å². The first-order chi connectivity index (χ1) is 20.8. The summed E-state index contributed by atoms with van der Waals surface area (Å²) in [5, 5.41) is 3.36. The fourth-order valence-electron chi connectivity index (χ4n) is 7.02. The lowest BCUT2D eigenvalue weighted by molar-refractivity contribution is 0.101. The zero-order chi connectivity index (χ0) is 30.1. The van der Waals surface area contributed by atoms with Gasteiger partial charge in [0, 0.05) is 44.5 Å². The number of hydrogen-bond acceptors (Lipinski definition) is 5. The second-order valence-corrected chi connectivity index (χ2v) is 14.7. The van der Waals surface area contributed by atoms with E-state index in [4.69, 9.17) is 4.74 Å². The Morgan fingerprint density at radius 3 is 1.93 bits per heavy atom. The van der Waals surface area contributed by atoms with E-state index in [-0.39, 0.29) is 18.4 Å². The van der Waals surface area contributed by atoms with Gasteiger partial charge in [-0.05, 0) is 92.3 Å². The van der Waals surface area contributed by atoms with Gasteiger partial charge in [0.15, 0.2) is 0 Å². The third kappa shape index (κ3) is 10.8. The first-order valence-electron chi connectivity index (χ1n) is 16.4. The third-order valence-corrected chi connectivity index (χ3v) is 10.0. The number of anilines is 1. The highest BCUT2D eigenvalue weighted by atomic mass is 35.5. The van der Waals surface area contributed by atoms with Crippen LogP contribution in [0.5, 0.6) is 11.5 Å². The molecule has 0 radical (unpaired) electrons. The van der Waals surface area contributed by atoms with Gasteiger partial charge >= 0.3 is 6.03 Å². The van der Waals surface area contributed by atoms with Crippen molar-refractivity contribution in [2.75, 3.05) is 37.2 Å². The number of likely N-dealkylation sites (tertiary alicyclic amines) is 1. The first kappa shape index (κ1) is 34.4. The van der Waals surface area contributed by atoms with E-state index in [0.717, 1.165) is 57.6 Å². The van der Waals surface area contributed by atoms with Crippen molar-refractivity contribution in [3.63, 3.8) is 0 Å². The summed E-state index contributed by atoms with van der Waals surface area (Å²) in [5.41, 5.74) is 1.74. The molecule has 2 amide bonds. The summed E-state index contributed by atoms with van der Waals surface area (Å²) in [6.07, 6.45) is 16.1. The number of nitrogens with zero attached hydrogens (tertiary/aromatic N) is 2. The molecule has 2 aliphatic carbocycles. The lowest BCUT2D eigenvalue weighted by atomic mass is 9.88. The summed E-state index contributed by atoms with van der Waals surface area (Å²) in [5.74, 6) is 2.69. The molecule has 0 spiro atoms. The zero-order valence-electron chi connectivity index (χ0n) is 26.2. The molecule has 8 nitrogen and oxygen atoms in total. The van der Waals surface area contributed by atoms with Gasteiger partial charge in [0.2, 0.25) is 10.0 Å².